The van der Waals surface area contributed by atoms with Gasteiger partial charge in [0.2, 0.25) is 0 Å². The Morgan fingerprint density at radius 2 is 0.926 bits per heavy atom. The summed E-state index contributed by atoms with van der Waals surface area (Å²) in [6.07, 6.45) is 15.2. The number of rotatable bonds is 19. The molecular weight excluding hydrogens is 364 g/mol. The van der Waals surface area contributed by atoms with E-state index in [1.807, 2.05) is 4.90 Å². The summed E-state index contributed by atoms with van der Waals surface area (Å²) in [6.45, 7) is 3.70. The maximum Gasteiger partial charge on any atom is 1.00 e. The third-order valence-corrected chi connectivity index (χ3v) is 4.59. The van der Waals surface area contributed by atoms with Crippen LogP contribution >= 0.6 is 0 Å². The van der Waals surface area contributed by atoms with Gasteiger partial charge in [-0.15, -0.1) is 0 Å². The first kappa shape index (κ1) is 32.6. The first-order valence-corrected chi connectivity index (χ1v) is 10.2. The van der Waals surface area contributed by atoms with Crippen LogP contribution in [-0.4, -0.2) is 36.5 Å². The maximum absolute atomic E-state index is 10.6. The molecule has 0 rings (SSSR count). The Balaban J connectivity index is -0.00000288. The van der Waals surface area contributed by atoms with Crippen molar-refractivity contribution in [3.05, 3.63) is 0 Å². The van der Waals surface area contributed by atoms with Crippen LogP contribution in [-0.2, 0) is 9.59 Å². The van der Waals surface area contributed by atoms with E-state index in [9.17, 15) is 19.8 Å². The van der Waals surface area contributed by atoms with Crippen LogP contribution < -0.4 is 69.3 Å². The molecule has 5 nitrogen and oxygen atoms in total. The van der Waals surface area contributed by atoms with E-state index < -0.39 is 11.9 Å². The SMILES string of the molecule is CCCCCCCCCCCCCCN(CCC(=O)[O-])CCC(=O)[O-].[Na+].[Na+]. The maximum atomic E-state index is 10.6. The topological polar surface area (TPSA) is 83.5 Å². The van der Waals surface area contributed by atoms with Crippen LogP contribution in [0.15, 0.2) is 0 Å². The van der Waals surface area contributed by atoms with Crippen molar-refractivity contribution in [3.8, 4) is 0 Å². The van der Waals surface area contributed by atoms with Gasteiger partial charge in [-0.05, 0) is 25.8 Å². The zero-order valence-electron chi connectivity index (χ0n) is 18.1. The van der Waals surface area contributed by atoms with E-state index in [0.717, 1.165) is 19.4 Å². The average molecular weight is 401 g/mol. The zero-order valence-corrected chi connectivity index (χ0v) is 22.1. The number of carbonyl (C=O) groups is 2. The number of hydrogen-bond acceptors (Lipinski definition) is 5. The van der Waals surface area contributed by atoms with Crippen LogP contribution in [0.4, 0.5) is 0 Å². The molecular formula is C20H37NNa2O4. The number of carboxylic acid groups (broad SMARTS) is 2. The summed E-state index contributed by atoms with van der Waals surface area (Å²) in [7, 11) is 0. The number of carboxylic acids is 2. The summed E-state index contributed by atoms with van der Waals surface area (Å²) < 4.78 is 0. The molecule has 0 heterocycles. The number of nitrogens with zero attached hydrogens (tertiary/aromatic N) is 1. The summed E-state index contributed by atoms with van der Waals surface area (Å²) in [5.74, 6) is -2.18. The van der Waals surface area contributed by atoms with E-state index in [1.165, 1.54) is 64.2 Å². The van der Waals surface area contributed by atoms with Gasteiger partial charge in [-0.25, -0.2) is 0 Å². The van der Waals surface area contributed by atoms with Crippen LogP contribution in [0, 0.1) is 0 Å². The molecule has 0 aromatic rings. The van der Waals surface area contributed by atoms with Crippen LogP contribution in [0.25, 0.3) is 0 Å². The Kier molecular flexibility index (Phi) is 30.1. The first-order valence-electron chi connectivity index (χ1n) is 10.2. The van der Waals surface area contributed by atoms with Gasteiger partial charge in [0, 0.05) is 25.0 Å². The zero-order chi connectivity index (χ0) is 18.8. The number of unbranched alkanes of at least 4 members (excludes halogenated alkanes) is 11. The first-order chi connectivity index (χ1) is 12.1. The normalized spacial score (nSPS) is 10.3. The summed E-state index contributed by atoms with van der Waals surface area (Å²) >= 11 is 0. The molecule has 0 radical (unpaired) electrons. The Morgan fingerprint density at radius 1 is 0.593 bits per heavy atom. The van der Waals surface area contributed by atoms with Gasteiger partial charge in [-0.2, -0.15) is 0 Å². The largest absolute Gasteiger partial charge is 1.00 e. The minimum absolute atomic E-state index is 0. The molecule has 0 spiro atoms. The standard InChI is InChI=1S/C20H39NO4.2Na/c1-2-3-4-5-6-7-8-9-10-11-12-13-16-21(17-14-19(22)23)18-15-20(24)25;;/h2-18H2,1H3,(H,22,23)(H,24,25);;/q;2*+1/p-2. The fourth-order valence-electron chi connectivity index (χ4n) is 3.01. The quantitative estimate of drug-likeness (QED) is 0.164. The smallest absolute Gasteiger partial charge is 0.550 e. The van der Waals surface area contributed by atoms with E-state index in [4.69, 9.17) is 0 Å². The number of carbonyl (C=O) groups excluding carboxylic acids is 2. The number of hydrogen-bond donors (Lipinski definition) is 0. The van der Waals surface area contributed by atoms with E-state index in [-0.39, 0.29) is 72.0 Å². The van der Waals surface area contributed by atoms with Crippen molar-refractivity contribution in [2.24, 2.45) is 0 Å². The van der Waals surface area contributed by atoms with Gasteiger partial charge in [-0.3, -0.25) is 0 Å². The molecule has 148 valence electrons. The molecule has 0 aliphatic heterocycles. The minimum atomic E-state index is -1.09. The van der Waals surface area contributed by atoms with Gasteiger partial charge in [0.1, 0.15) is 0 Å². The Labute approximate surface area is 210 Å². The van der Waals surface area contributed by atoms with Crippen molar-refractivity contribution in [2.75, 3.05) is 19.6 Å². The predicted octanol–water partition coefficient (Wildman–Crippen LogP) is -3.72. The third kappa shape index (κ3) is 26.9. The van der Waals surface area contributed by atoms with Crippen LogP contribution in [0.2, 0.25) is 0 Å². The van der Waals surface area contributed by atoms with Gasteiger partial charge in [0.25, 0.3) is 0 Å². The predicted molar refractivity (Wildman–Crippen MR) is 96.8 cm³/mol. The third-order valence-electron chi connectivity index (χ3n) is 4.59. The van der Waals surface area contributed by atoms with Crippen LogP contribution in [0.5, 0.6) is 0 Å². The van der Waals surface area contributed by atoms with Gasteiger partial charge in [0.15, 0.2) is 0 Å². The minimum Gasteiger partial charge on any atom is -0.550 e. The Morgan fingerprint density at radius 3 is 1.26 bits per heavy atom. The molecule has 0 amide bonds. The Bertz CT molecular complexity index is 326. The van der Waals surface area contributed by atoms with Gasteiger partial charge in [-0.1, -0.05) is 77.6 Å². The summed E-state index contributed by atoms with van der Waals surface area (Å²) in [5, 5.41) is 21.1. The van der Waals surface area contributed by atoms with Crippen molar-refractivity contribution < 1.29 is 78.9 Å². The van der Waals surface area contributed by atoms with Crippen molar-refractivity contribution in [1.82, 2.24) is 4.90 Å². The van der Waals surface area contributed by atoms with E-state index in [2.05, 4.69) is 6.92 Å². The van der Waals surface area contributed by atoms with Gasteiger partial charge >= 0.3 is 59.1 Å². The van der Waals surface area contributed by atoms with Gasteiger partial charge < -0.3 is 24.7 Å². The van der Waals surface area contributed by atoms with E-state index in [0.29, 0.717) is 13.1 Å². The second kappa shape index (κ2) is 24.9. The summed E-state index contributed by atoms with van der Waals surface area (Å²) in [6, 6.07) is 0. The molecule has 0 bridgehead atoms. The fourth-order valence-corrected chi connectivity index (χ4v) is 3.01. The number of aliphatic carboxylic acids is 2. The molecule has 0 aromatic heterocycles. The fraction of sp³-hybridized carbons (Fsp3) is 0.900. The molecule has 0 N–H and O–H groups in total. The second-order valence-corrected chi connectivity index (χ2v) is 6.97. The monoisotopic (exact) mass is 401 g/mol. The summed E-state index contributed by atoms with van der Waals surface area (Å²) in [5.41, 5.74) is 0. The molecule has 0 saturated carbocycles. The molecule has 0 fully saturated rings. The van der Waals surface area contributed by atoms with Crippen molar-refractivity contribution in [2.45, 2.75) is 96.8 Å². The average Bonchev–Trinajstić information content (AvgIpc) is 2.57. The van der Waals surface area contributed by atoms with Crippen molar-refractivity contribution in [1.29, 1.82) is 0 Å². The second-order valence-electron chi connectivity index (χ2n) is 6.97. The van der Waals surface area contributed by atoms with Crippen LogP contribution in [0.3, 0.4) is 0 Å². The molecule has 0 aromatic carbocycles. The Hall–Kier alpha value is 0.900. The van der Waals surface area contributed by atoms with E-state index >= 15 is 0 Å². The van der Waals surface area contributed by atoms with Crippen molar-refractivity contribution in [3.63, 3.8) is 0 Å². The molecule has 0 unspecified atom stereocenters. The van der Waals surface area contributed by atoms with Crippen molar-refractivity contribution >= 4 is 11.9 Å². The molecule has 0 aliphatic rings. The molecule has 0 saturated heterocycles. The molecule has 0 aliphatic carbocycles. The van der Waals surface area contributed by atoms with Gasteiger partial charge in [0.05, 0.1) is 0 Å². The van der Waals surface area contributed by atoms with E-state index in [1.54, 1.807) is 0 Å². The summed E-state index contributed by atoms with van der Waals surface area (Å²) in [4.78, 5) is 23.0. The molecule has 7 heteroatoms. The van der Waals surface area contributed by atoms with Crippen LogP contribution in [0.1, 0.15) is 96.8 Å². The molecule has 0 atom stereocenters. The molecule has 27 heavy (non-hydrogen) atoms.